The second-order valence-corrected chi connectivity index (χ2v) is 21.4. The van der Waals surface area contributed by atoms with Crippen LogP contribution in [0.25, 0.3) is 0 Å². The van der Waals surface area contributed by atoms with Crippen molar-refractivity contribution >= 4 is 47.1 Å². The molecule has 34 heteroatoms. The standard InChI is InChI=1S/2C29H36F2N2O13.CH4/c1-13(2)42-26-22(37)20(35)24(18(11-34)43-26)45-27-23(38)21(36)25(46-29(40)33-17-10-6-4-8-15(17)31)19(44-27)12-41-28(39)32-16-9-5-3-7-14(16)30;1-13(2)43-26-24(38)22(36)25(19(45-26)12-42-29(40)33-17-10-6-4-8-15(17)31)46-27-23(37)21(35)20(34)18(44-27)11-41-28(39)32-16-9-5-3-7-14(16)30;/h2*3-10,13,18-27,34-38H,11-12H2,1-2H3,(H,32,39)(H,33,40);1H4/t18-,19-,20-,21-,22-,23-,24-,25-,26-,27?;18-,19-,20-,21+,22-,23-,24-,25-,26-,27?;/m11./s1. The number of benzene rings is 4. The molecule has 0 spiro atoms. The van der Waals surface area contributed by atoms with Gasteiger partial charge < -0.3 is 108 Å². The third-order valence-corrected chi connectivity index (χ3v) is 14.0. The summed E-state index contributed by atoms with van der Waals surface area (Å²) in [5.41, 5.74) is -0.846. The summed E-state index contributed by atoms with van der Waals surface area (Å²) in [6.45, 7) is 3.71. The van der Waals surface area contributed by atoms with Gasteiger partial charge in [0.25, 0.3) is 0 Å². The van der Waals surface area contributed by atoms with Gasteiger partial charge in [-0.05, 0) is 76.2 Å². The minimum atomic E-state index is -2.00. The Morgan fingerprint density at radius 3 is 1.06 bits per heavy atom. The number of carbonyl (C=O) groups is 4. The fraction of sp³-hybridized carbons (Fsp3) is 0.525. The Bertz CT molecular complexity index is 3040. The van der Waals surface area contributed by atoms with Crippen molar-refractivity contribution in [2.24, 2.45) is 0 Å². The van der Waals surface area contributed by atoms with Crippen LogP contribution in [0.5, 0.6) is 0 Å². The minimum Gasteiger partial charge on any atom is -0.446 e. The molecule has 4 aliphatic rings. The van der Waals surface area contributed by atoms with Gasteiger partial charge in [0, 0.05) is 0 Å². The highest BCUT2D eigenvalue weighted by atomic mass is 19.1. The van der Waals surface area contributed by atoms with Crippen LogP contribution in [0.15, 0.2) is 97.1 Å². The molecule has 0 saturated carbocycles. The average Bonchev–Trinajstić information content (AvgIpc) is 0.808. The average molecular weight is 1330 g/mol. The molecule has 4 aromatic carbocycles. The van der Waals surface area contributed by atoms with Crippen molar-refractivity contribution in [2.45, 2.75) is 170 Å². The number of rotatable bonds is 20. The number of nitrogens with one attached hydrogen (secondary N) is 4. The summed E-state index contributed by atoms with van der Waals surface area (Å²) in [6.07, 6.45) is -39.3. The largest absolute Gasteiger partial charge is 0.446 e. The Morgan fingerprint density at radius 1 is 0.398 bits per heavy atom. The monoisotopic (exact) mass is 1330 g/mol. The van der Waals surface area contributed by atoms with E-state index < -0.39 is 209 Å². The molecule has 4 aromatic rings. The van der Waals surface area contributed by atoms with E-state index in [1.807, 2.05) is 0 Å². The first kappa shape index (κ1) is 75.0. The van der Waals surface area contributed by atoms with Gasteiger partial charge in [0.05, 0.1) is 41.6 Å². The number of para-hydroxylation sites is 4. The van der Waals surface area contributed by atoms with Crippen molar-refractivity contribution in [1.29, 1.82) is 0 Å². The lowest BCUT2D eigenvalue weighted by molar-refractivity contribution is -0.361. The Morgan fingerprint density at radius 2 is 0.688 bits per heavy atom. The summed E-state index contributed by atoms with van der Waals surface area (Å²) in [5, 5.41) is 115. The molecule has 0 radical (unpaired) electrons. The number of carbonyl (C=O) groups excluding carboxylic acids is 4. The number of amides is 4. The number of halogens is 4. The molecular weight excluding hydrogens is 1260 g/mol. The van der Waals surface area contributed by atoms with Crippen LogP contribution in [0.2, 0.25) is 0 Å². The van der Waals surface area contributed by atoms with Gasteiger partial charge in [0.2, 0.25) is 0 Å². The van der Waals surface area contributed by atoms with Gasteiger partial charge in [0.15, 0.2) is 31.3 Å². The smallest absolute Gasteiger partial charge is 0.412 e. The van der Waals surface area contributed by atoms with Crippen LogP contribution in [-0.2, 0) is 56.8 Å². The van der Waals surface area contributed by atoms with Gasteiger partial charge in [-0.1, -0.05) is 56.0 Å². The molecule has 14 N–H and O–H groups in total. The van der Waals surface area contributed by atoms with E-state index in [1.165, 1.54) is 72.8 Å². The molecule has 4 fully saturated rings. The van der Waals surface area contributed by atoms with E-state index in [2.05, 4.69) is 21.3 Å². The number of aliphatic hydroxyl groups is 10. The zero-order valence-electron chi connectivity index (χ0n) is 49.3. The second-order valence-electron chi connectivity index (χ2n) is 21.4. The summed E-state index contributed by atoms with van der Waals surface area (Å²) in [5.74, 6) is -3.03. The van der Waals surface area contributed by atoms with Crippen molar-refractivity contribution in [3.05, 3.63) is 120 Å². The Kier molecular flexibility index (Phi) is 28.2. The summed E-state index contributed by atoms with van der Waals surface area (Å²) in [6, 6.07) is 20.9. The molecule has 4 amide bonds. The third-order valence-electron chi connectivity index (χ3n) is 14.0. The maximum atomic E-state index is 14.1. The van der Waals surface area contributed by atoms with E-state index in [0.29, 0.717) is 0 Å². The molecule has 30 nitrogen and oxygen atoms in total. The number of aliphatic hydroxyl groups excluding tert-OH is 10. The third kappa shape index (κ3) is 20.2. The molecule has 93 heavy (non-hydrogen) atoms. The molecule has 4 aliphatic heterocycles. The van der Waals surface area contributed by atoms with Crippen LogP contribution >= 0.6 is 0 Å². The fourth-order valence-electron chi connectivity index (χ4n) is 9.39. The lowest BCUT2D eigenvalue weighted by Crippen LogP contribution is -2.65. The first-order chi connectivity index (χ1) is 43.7. The second kappa shape index (κ2) is 34.9. The van der Waals surface area contributed by atoms with Gasteiger partial charge in [-0.15, -0.1) is 0 Å². The van der Waals surface area contributed by atoms with Crippen molar-refractivity contribution in [2.75, 3.05) is 47.7 Å². The Labute approximate surface area is 528 Å². The molecule has 0 bridgehead atoms. The van der Waals surface area contributed by atoms with Crippen molar-refractivity contribution < 1.29 is 145 Å². The van der Waals surface area contributed by atoms with Crippen LogP contribution in [-0.4, -0.2) is 237 Å². The van der Waals surface area contributed by atoms with Crippen LogP contribution in [0.3, 0.4) is 0 Å². The quantitative estimate of drug-likeness (QED) is 0.0446. The van der Waals surface area contributed by atoms with E-state index in [1.54, 1.807) is 27.7 Å². The van der Waals surface area contributed by atoms with Gasteiger partial charge >= 0.3 is 24.4 Å². The predicted octanol–water partition coefficient (Wildman–Crippen LogP) is 2.29. The maximum absolute atomic E-state index is 14.1. The molecule has 0 aromatic heterocycles. The predicted molar refractivity (Wildman–Crippen MR) is 309 cm³/mol. The zero-order valence-corrected chi connectivity index (χ0v) is 49.3. The molecule has 4 heterocycles. The van der Waals surface area contributed by atoms with E-state index in [9.17, 15) is 87.8 Å². The fourth-order valence-corrected chi connectivity index (χ4v) is 9.39. The molecule has 20 atom stereocenters. The van der Waals surface area contributed by atoms with E-state index >= 15 is 0 Å². The minimum absolute atomic E-state index is 0. The highest BCUT2D eigenvalue weighted by Crippen LogP contribution is 2.34. The molecule has 4 saturated heterocycles. The molecule has 8 rings (SSSR count). The number of hydrogen-bond acceptors (Lipinski definition) is 26. The molecule has 2 unspecified atom stereocenters. The lowest BCUT2D eigenvalue weighted by atomic mass is 9.97. The topological polar surface area (TPSA) is 429 Å². The van der Waals surface area contributed by atoms with Crippen molar-refractivity contribution in [3.8, 4) is 0 Å². The molecular formula is C59H76F4N4O26. The van der Waals surface area contributed by atoms with E-state index in [4.69, 9.17) is 56.8 Å². The van der Waals surface area contributed by atoms with Crippen LogP contribution in [0, 0.1) is 23.3 Å². The van der Waals surface area contributed by atoms with Crippen LogP contribution < -0.4 is 21.3 Å². The highest BCUT2D eigenvalue weighted by molar-refractivity contribution is 5.86. The highest BCUT2D eigenvalue weighted by Gasteiger charge is 2.54. The van der Waals surface area contributed by atoms with Gasteiger partial charge in [-0.2, -0.15) is 0 Å². The number of ether oxygens (including phenoxy) is 12. The Balaban J connectivity index is 0.000000292. The molecule has 516 valence electrons. The van der Waals surface area contributed by atoms with E-state index in [-0.39, 0.29) is 30.2 Å². The van der Waals surface area contributed by atoms with Crippen LogP contribution in [0.1, 0.15) is 35.1 Å². The maximum Gasteiger partial charge on any atom is 0.412 e. The molecule has 0 aliphatic carbocycles. The zero-order chi connectivity index (χ0) is 67.1. The van der Waals surface area contributed by atoms with Gasteiger partial charge in [0.1, 0.15) is 135 Å². The first-order valence-corrected chi connectivity index (χ1v) is 28.5. The normalized spacial score (nSPS) is 30.9. The number of anilines is 4. The first-order valence-electron chi connectivity index (χ1n) is 28.5. The van der Waals surface area contributed by atoms with Gasteiger partial charge in [-0.25, -0.2) is 36.7 Å². The summed E-state index contributed by atoms with van der Waals surface area (Å²) in [7, 11) is 0. The lowest BCUT2D eigenvalue weighted by Gasteiger charge is -2.46. The summed E-state index contributed by atoms with van der Waals surface area (Å²) < 4.78 is 121. The number of hydrogen-bond donors (Lipinski definition) is 14. The summed E-state index contributed by atoms with van der Waals surface area (Å²) >= 11 is 0. The van der Waals surface area contributed by atoms with Crippen LogP contribution in [0.4, 0.5) is 59.5 Å². The van der Waals surface area contributed by atoms with Crippen molar-refractivity contribution in [1.82, 2.24) is 0 Å². The van der Waals surface area contributed by atoms with E-state index in [0.717, 1.165) is 24.3 Å². The van der Waals surface area contributed by atoms with Gasteiger partial charge in [-0.3, -0.25) is 21.3 Å². The SMILES string of the molecule is C.CC(C)O[C@@H]1O[C@H](CO)[C@@H](OC2O[C@H](COC(=O)Nc3ccccc3F)[C@@H](OC(=O)Nc3ccccc3F)[C@H](O)[C@H]2O)[C@H](O)[C@H]1O.CC(C)O[C@@H]1O[C@H](COC(=O)Nc2ccccc2F)[C@@H](OC2O[C@H](COC(=O)Nc3ccccc3F)[C@@H](O)[C@H](O)[C@H]2O)[C@H](O)[C@H]1O. The summed E-state index contributed by atoms with van der Waals surface area (Å²) in [4.78, 5) is 49.7. The Hall–Kier alpha value is -7.04. The van der Waals surface area contributed by atoms with Crippen molar-refractivity contribution in [3.63, 3.8) is 0 Å².